The molecule has 0 spiro atoms. The smallest absolute Gasteiger partial charge is 0.203 e. The summed E-state index contributed by atoms with van der Waals surface area (Å²) in [5.74, 6) is 1.96. The summed E-state index contributed by atoms with van der Waals surface area (Å²) in [4.78, 5) is 16.8. The van der Waals surface area contributed by atoms with Gasteiger partial charge >= 0.3 is 0 Å². The second kappa shape index (κ2) is 6.53. The van der Waals surface area contributed by atoms with Crippen LogP contribution in [0.5, 0.6) is 5.88 Å². The number of allylic oxidation sites excluding steroid dienone is 1. The first kappa shape index (κ1) is 18.8. The van der Waals surface area contributed by atoms with Crippen molar-refractivity contribution >= 4 is 5.57 Å². The van der Waals surface area contributed by atoms with Crippen molar-refractivity contribution in [2.24, 2.45) is 11.8 Å². The Kier molecular flexibility index (Phi) is 4.56. The summed E-state index contributed by atoms with van der Waals surface area (Å²) in [6, 6.07) is 1.87. The van der Waals surface area contributed by atoms with E-state index in [4.69, 9.17) is 4.74 Å². The van der Waals surface area contributed by atoms with Crippen molar-refractivity contribution in [3.8, 4) is 5.88 Å². The molecule has 3 heteroatoms. The van der Waals surface area contributed by atoms with Gasteiger partial charge < -0.3 is 9.72 Å². The van der Waals surface area contributed by atoms with Crippen molar-refractivity contribution in [3.05, 3.63) is 33.1 Å². The standard InChI is InChI=1S/C24H35NO2/c1-15-11-12-18-17(13-15)21-19(26)14-20(25-22(21)27-24(18,4)5)23(2,3)16-9-7-6-8-10-16/h14-16H,6-13H2,1-5H3,(H,25,26)/t15-/m0/s1. The van der Waals surface area contributed by atoms with E-state index in [-0.39, 0.29) is 16.4 Å². The average molecular weight is 370 g/mol. The van der Waals surface area contributed by atoms with Crippen LogP contribution >= 0.6 is 0 Å². The third-order valence-electron chi connectivity index (χ3n) is 7.51. The number of rotatable bonds is 2. The van der Waals surface area contributed by atoms with E-state index in [0.29, 0.717) is 17.7 Å². The molecule has 0 aromatic carbocycles. The molecule has 27 heavy (non-hydrogen) atoms. The first-order valence-corrected chi connectivity index (χ1v) is 10.9. The number of H-pyrrole nitrogens is 1. The number of aromatic nitrogens is 1. The zero-order chi connectivity index (χ0) is 19.4. The topological polar surface area (TPSA) is 42.1 Å². The lowest BCUT2D eigenvalue weighted by Gasteiger charge is -2.41. The largest absolute Gasteiger partial charge is 0.468 e. The molecule has 0 radical (unpaired) electrons. The Hall–Kier alpha value is -1.51. The highest BCUT2D eigenvalue weighted by Gasteiger charge is 2.40. The predicted molar refractivity (Wildman–Crippen MR) is 111 cm³/mol. The van der Waals surface area contributed by atoms with Crippen molar-refractivity contribution in [2.45, 2.75) is 97.0 Å². The summed E-state index contributed by atoms with van der Waals surface area (Å²) in [5.41, 5.74) is 4.21. The zero-order valence-corrected chi connectivity index (χ0v) is 17.7. The molecule has 0 saturated heterocycles. The maximum atomic E-state index is 13.3. The normalized spacial score (nSPS) is 25.6. The summed E-state index contributed by atoms with van der Waals surface area (Å²) in [6.07, 6.45) is 9.69. The van der Waals surface area contributed by atoms with Gasteiger partial charge in [0.25, 0.3) is 0 Å². The zero-order valence-electron chi connectivity index (χ0n) is 17.7. The highest BCUT2D eigenvalue weighted by molar-refractivity contribution is 5.76. The second-order valence-corrected chi connectivity index (χ2v) is 10.2. The van der Waals surface area contributed by atoms with E-state index >= 15 is 0 Å². The maximum Gasteiger partial charge on any atom is 0.203 e. The van der Waals surface area contributed by atoms with Gasteiger partial charge in [-0.25, -0.2) is 0 Å². The van der Waals surface area contributed by atoms with Gasteiger partial charge in [-0.05, 0) is 68.9 Å². The number of hydrogen-bond acceptors (Lipinski definition) is 2. The molecule has 3 aliphatic rings. The van der Waals surface area contributed by atoms with Crippen LogP contribution in [0.4, 0.5) is 0 Å². The Bertz CT molecular complexity index is 821. The molecule has 1 N–H and O–H groups in total. The summed E-state index contributed by atoms with van der Waals surface area (Å²) in [7, 11) is 0. The second-order valence-electron chi connectivity index (χ2n) is 10.2. The first-order valence-electron chi connectivity index (χ1n) is 10.9. The van der Waals surface area contributed by atoms with Crippen LogP contribution in [0.25, 0.3) is 5.57 Å². The molecule has 1 aromatic rings. The number of ether oxygens (including phenoxy) is 1. The van der Waals surface area contributed by atoms with Gasteiger partial charge in [0, 0.05) is 17.2 Å². The quantitative estimate of drug-likeness (QED) is 0.697. The molecule has 1 atom stereocenters. The first-order chi connectivity index (χ1) is 12.7. The van der Waals surface area contributed by atoms with Crippen LogP contribution in [0.2, 0.25) is 0 Å². The number of nitrogens with one attached hydrogen (secondary N) is 1. The van der Waals surface area contributed by atoms with E-state index in [1.165, 1.54) is 49.7 Å². The fourth-order valence-corrected chi connectivity index (χ4v) is 5.64. The lowest BCUT2D eigenvalue weighted by atomic mass is 9.69. The lowest BCUT2D eigenvalue weighted by molar-refractivity contribution is 0.126. The third-order valence-corrected chi connectivity index (χ3v) is 7.51. The Balaban J connectivity index is 1.80. The van der Waals surface area contributed by atoms with E-state index in [1.807, 2.05) is 6.07 Å². The minimum Gasteiger partial charge on any atom is -0.468 e. The molecule has 148 valence electrons. The van der Waals surface area contributed by atoms with Crippen molar-refractivity contribution in [3.63, 3.8) is 0 Å². The molecule has 2 heterocycles. The van der Waals surface area contributed by atoms with Crippen LogP contribution < -0.4 is 10.2 Å². The summed E-state index contributed by atoms with van der Waals surface area (Å²) < 4.78 is 6.41. The van der Waals surface area contributed by atoms with E-state index < -0.39 is 0 Å². The number of aromatic amines is 1. The maximum absolute atomic E-state index is 13.3. The molecule has 3 nitrogen and oxygen atoms in total. The van der Waals surface area contributed by atoms with Gasteiger partial charge in [0.15, 0.2) is 5.43 Å². The van der Waals surface area contributed by atoms with Crippen LogP contribution in [-0.2, 0) is 5.41 Å². The fraction of sp³-hybridized carbons (Fsp3) is 0.708. The highest BCUT2D eigenvalue weighted by Crippen LogP contribution is 2.47. The third kappa shape index (κ3) is 3.17. The highest BCUT2D eigenvalue weighted by atomic mass is 16.5. The van der Waals surface area contributed by atoms with Gasteiger partial charge in [-0.1, -0.05) is 40.0 Å². The van der Waals surface area contributed by atoms with Crippen molar-refractivity contribution < 1.29 is 4.74 Å². The minimum atomic E-state index is -0.334. The monoisotopic (exact) mass is 369 g/mol. The number of fused-ring (bicyclic) bond motifs is 2. The number of hydrogen-bond donors (Lipinski definition) is 1. The van der Waals surface area contributed by atoms with Gasteiger partial charge in [-0.3, -0.25) is 4.79 Å². The summed E-state index contributed by atoms with van der Waals surface area (Å²) >= 11 is 0. The molecule has 1 aromatic heterocycles. The SMILES string of the molecule is C[C@H]1CCC2=C(C1)c1c([nH]c(C(C)(C)C3CCCCC3)cc1=O)OC2(C)C. The lowest BCUT2D eigenvalue weighted by Crippen LogP contribution is -2.40. The molecule has 2 aliphatic carbocycles. The van der Waals surface area contributed by atoms with Crippen LogP contribution in [0, 0.1) is 11.8 Å². The van der Waals surface area contributed by atoms with E-state index in [2.05, 4.69) is 39.6 Å². The van der Waals surface area contributed by atoms with Crippen molar-refractivity contribution in [2.75, 3.05) is 0 Å². The van der Waals surface area contributed by atoms with E-state index in [1.54, 1.807) is 0 Å². The minimum absolute atomic E-state index is 0.0311. The van der Waals surface area contributed by atoms with Crippen molar-refractivity contribution in [1.82, 2.24) is 4.98 Å². The Labute approximate surface area is 163 Å². The molecule has 0 amide bonds. The molecule has 4 rings (SSSR count). The predicted octanol–water partition coefficient (Wildman–Crippen LogP) is 5.98. The van der Waals surface area contributed by atoms with E-state index in [0.717, 1.165) is 24.1 Å². The molecular weight excluding hydrogens is 334 g/mol. The van der Waals surface area contributed by atoms with Crippen molar-refractivity contribution in [1.29, 1.82) is 0 Å². The van der Waals surface area contributed by atoms with E-state index in [9.17, 15) is 4.79 Å². The van der Waals surface area contributed by atoms with Gasteiger partial charge in [0.1, 0.15) is 5.60 Å². The Morgan fingerprint density at radius 2 is 1.85 bits per heavy atom. The Morgan fingerprint density at radius 3 is 2.56 bits per heavy atom. The average Bonchev–Trinajstić information content (AvgIpc) is 2.61. The van der Waals surface area contributed by atoms with Gasteiger partial charge in [-0.2, -0.15) is 0 Å². The molecule has 0 unspecified atom stereocenters. The van der Waals surface area contributed by atoms with Crippen LogP contribution in [-0.4, -0.2) is 10.6 Å². The van der Waals surface area contributed by atoms with Gasteiger partial charge in [-0.15, -0.1) is 0 Å². The molecular formula is C24H35NO2. The molecule has 1 saturated carbocycles. The van der Waals surface area contributed by atoms with Gasteiger partial charge in [0.2, 0.25) is 5.88 Å². The van der Waals surface area contributed by atoms with Gasteiger partial charge in [0.05, 0.1) is 5.56 Å². The van der Waals surface area contributed by atoms with Crippen LogP contribution in [0.1, 0.15) is 97.2 Å². The Morgan fingerprint density at radius 1 is 1.15 bits per heavy atom. The molecule has 1 aliphatic heterocycles. The number of pyridine rings is 1. The van der Waals surface area contributed by atoms with Crippen LogP contribution in [0.15, 0.2) is 16.4 Å². The summed E-state index contributed by atoms with van der Waals surface area (Å²) in [5, 5.41) is 0. The van der Waals surface area contributed by atoms with Crippen LogP contribution in [0.3, 0.4) is 0 Å². The summed E-state index contributed by atoms with van der Waals surface area (Å²) in [6.45, 7) is 11.2. The fourth-order valence-electron chi connectivity index (χ4n) is 5.64. The molecule has 0 bridgehead atoms. The molecule has 1 fully saturated rings.